The largest absolute Gasteiger partial charge is 0.508 e. The van der Waals surface area contributed by atoms with Gasteiger partial charge in [-0.15, -0.1) is 0 Å². The molecular weight excluding hydrogens is 834 g/mol. The van der Waals surface area contributed by atoms with Crippen molar-refractivity contribution in [2.75, 3.05) is 10.6 Å². The Morgan fingerprint density at radius 2 is 1.78 bits per heavy atom. The minimum absolute atomic E-state index is 0.0260. The van der Waals surface area contributed by atoms with Crippen molar-refractivity contribution in [2.45, 2.75) is 50.6 Å². The lowest BCUT2D eigenvalue weighted by atomic mass is 10.0. The molecule has 2 N–H and O–H groups in total. The number of benzene rings is 3. The first-order valence-corrected chi connectivity index (χ1v) is 19.8. The van der Waals surface area contributed by atoms with Crippen LogP contribution in [0.2, 0.25) is 5.02 Å². The molecule has 3 aromatic heterocycles. The van der Waals surface area contributed by atoms with E-state index in [4.69, 9.17) is 11.6 Å². The molecule has 22 heteroatoms. The highest BCUT2D eigenvalue weighted by molar-refractivity contribution is 7.92. The van der Waals surface area contributed by atoms with Crippen LogP contribution in [0.15, 0.2) is 53.3 Å². The summed E-state index contributed by atoms with van der Waals surface area (Å²) in [5.74, 6) is -10.9. The van der Waals surface area contributed by atoms with Crippen LogP contribution >= 0.6 is 11.6 Å². The lowest BCUT2D eigenvalue weighted by Gasteiger charge is -2.24. The monoisotopic (exact) mass is 862 g/mol. The number of carbonyl (C=O) groups excluding carboxylic acids is 2. The summed E-state index contributed by atoms with van der Waals surface area (Å²) >= 11 is 6.61. The zero-order valence-corrected chi connectivity index (χ0v) is 32.3. The number of anilines is 1. The number of hydrogen-bond acceptors (Lipinski definition) is 9. The number of rotatable bonds is 10. The van der Waals surface area contributed by atoms with Crippen molar-refractivity contribution in [1.29, 1.82) is 0 Å². The Balaban J connectivity index is 1.34. The van der Waals surface area contributed by atoms with Crippen LogP contribution in [0.4, 0.5) is 32.2 Å². The number of hydrogen-bond donors (Lipinski definition) is 2. The number of alkyl halides is 4. The molecule has 2 aliphatic rings. The van der Waals surface area contributed by atoms with Gasteiger partial charge in [0.1, 0.15) is 41.1 Å². The van der Waals surface area contributed by atoms with Gasteiger partial charge in [0.25, 0.3) is 17.9 Å². The predicted octanol–water partition coefficient (Wildman–Crippen LogP) is 5.67. The Hall–Kier alpha value is -5.96. The molecule has 3 heterocycles. The molecule has 0 radical (unpaired) electrons. The minimum atomic E-state index is -4.31. The average molecular weight is 863 g/mol. The van der Waals surface area contributed by atoms with E-state index in [9.17, 15) is 45.5 Å². The highest BCUT2D eigenvalue weighted by Crippen LogP contribution is 2.68. The van der Waals surface area contributed by atoms with Gasteiger partial charge in [-0.25, -0.2) is 31.0 Å². The quantitative estimate of drug-likeness (QED) is 0.165. The zero-order chi connectivity index (χ0) is 42.6. The number of halogens is 7. The van der Waals surface area contributed by atoms with Crippen molar-refractivity contribution < 1.29 is 49.5 Å². The van der Waals surface area contributed by atoms with Gasteiger partial charge in [0.05, 0.1) is 44.8 Å². The summed E-state index contributed by atoms with van der Waals surface area (Å²) in [5.41, 5.74) is -3.26. The molecule has 3 atom stereocenters. The fourth-order valence-electron chi connectivity index (χ4n) is 7.98. The second-order valence-electron chi connectivity index (χ2n) is 14.4. The smallest absolute Gasteiger partial charge is 0.293 e. The average Bonchev–Trinajstić information content (AvgIpc) is 3.65. The second-order valence-corrected chi connectivity index (χ2v) is 16.6. The molecule has 0 unspecified atom stereocenters. The molecule has 308 valence electrons. The van der Waals surface area contributed by atoms with Crippen LogP contribution < -0.4 is 15.2 Å². The van der Waals surface area contributed by atoms with E-state index in [2.05, 4.69) is 20.5 Å². The van der Waals surface area contributed by atoms with E-state index in [1.807, 2.05) is 0 Å². The van der Waals surface area contributed by atoms with Crippen LogP contribution in [-0.4, -0.2) is 60.7 Å². The molecule has 0 saturated heterocycles. The third-order valence-electron chi connectivity index (χ3n) is 10.3. The summed E-state index contributed by atoms with van der Waals surface area (Å²) in [6.07, 6.45) is -3.02. The van der Waals surface area contributed by atoms with Crippen LogP contribution in [0.25, 0.3) is 27.5 Å². The molecule has 14 nitrogen and oxygen atoms in total. The molecule has 6 aromatic rings. The second kappa shape index (κ2) is 13.8. The van der Waals surface area contributed by atoms with E-state index in [1.165, 1.54) is 31.3 Å². The van der Waals surface area contributed by atoms with Crippen molar-refractivity contribution in [3.63, 3.8) is 0 Å². The van der Waals surface area contributed by atoms with Crippen molar-refractivity contribution in [3.8, 4) is 11.4 Å². The molecule has 8 rings (SSSR count). The first-order valence-electron chi connectivity index (χ1n) is 17.6. The van der Waals surface area contributed by atoms with Crippen LogP contribution in [0.3, 0.4) is 0 Å². The number of amides is 2. The molecule has 2 aliphatic carbocycles. The number of aromatic nitrogens is 6. The van der Waals surface area contributed by atoms with E-state index in [1.54, 1.807) is 0 Å². The number of carbonyl (C=O) groups is 2. The molecule has 1 fully saturated rings. The van der Waals surface area contributed by atoms with Gasteiger partial charge in [-0.2, -0.15) is 23.3 Å². The highest BCUT2D eigenvalue weighted by atomic mass is 35.5. The van der Waals surface area contributed by atoms with Gasteiger partial charge < -0.3 is 10.4 Å². The lowest BCUT2D eigenvalue weighted by molar-refractivity contribution is -0.123. The summed E-state index contributed by atoms with van der Waals surface area (Å²) in [5, 5.41) is 20.5. The van der Waals surface area contributed by atoms with Crippen molar-refractivity contribution >= 4 is 61.1 Å². The van der Waals surface area contributed by atoms with Gasteiger partial charge in [0.15, 0.2) is 5.82 Å². The molecule has 1 saturated carbocycles. The van der Waals surface area contributed by atoms with Crippen molar-refractivity contribution in [3.05, 3.63) is 104 Å². The Bertz CT molecular complexity index is 2950. The first kappa shape index (κ1) is 39.8. The Morgan fingerprint density at radius 3 is 2.42 bits per heavy atom. The fourth-order valence-corrected chi connectivity index (χ4v) is 9.13. The van der Waals surface area contributed by atoms with Gasteiger partial charge in [-0.05, 0) is 54.3 Å². The number of phenolic OH excluding ortho intramolecular Hbond substituents is 1. The number of nitrogens with zero attached hydrogens (tertiary/aromatic N) is 7. The first-order chi connectivity index (χ1) is 27.7. The van der Waals surface area contributed by atoms with Gasteiger partial charge in [0, 0.05) is 44.0 Å². The van der Waals surface area contributed by atoms with Gasteiger partial charge in [-0.1, -0.05) is 11.6 Å². The predicted molar refractivity (Wildman–Crippen MR) is 199 cm³/mol. The van der Waals surface area contributed by atoms with E-state index in [0.717, 1.165) is 40.6 Å². The summed E-state index contributed by atoms with van der Waals surface area (Å²) in [6.45, 7) is -0.0534. The summed E-state index contributed by atoms with van der Waals surface area (Å²) in [4.78, 5) is 45.9. The Kier molecular flexibility index (Phi) is 9.33. The summed E-state index contributed by atoms with van der Waals surface area (Å²) in [7, 11) is -2.95. The van der Waals surface area contributed by atoms with Crippen LogP contribution in [0.5, 0.6) is 5.75 Å². The summed E-state index contributed by atoms with van der Waals surface area (Å²) < 4.78 is 117. The maximum absolute atomic E-state index is 15.4. The molecule has 3 aromatic carbocycles. The van der Waals surface area contributed by atoms with Crippen LogP contribution in [-0.2, 0) is 45.5 Å². The van der Waals surface area contributed by atoms with E-state index >= 15 is 8.78 Å². The SMILES string of the molecule is CC(=O)N(c1nn(C)c2c(-n3c([C@H](Cc4cc(F)cc(F)c4)NC(=O)Cn4nc(C(F)F)c5c4C(F)(F)[C@@H]4C[C@H]54)nc4cc(O)ccc4c3=O)ccc(Cl)c12)S(C)(=O)=O. The fraction of sp³-hybridized carbons (Fsp3) is 0.297. The minimum Gasteiger partial charge on any atom is -0.508 e. The van der Waals surface area contributed by atoms with E-state index in [-0.39, 0.29) is 61.6 Å². The number of aryl methyl sites for hydroxylation is 1. The van der Waals surface area contributed by atoms with Crippen LogP contribution in [0.1, 0.15) is 60.1 Å². The number of nitrogens with one attached hydrogen (secondary N) is 1. The van der Waals surface area contributed by atoms with Crippen LogP contribution in [0, 0.1) is 17.6 Å². The van der Waals surface area contributed by atoms with Gasteiger partial charge in [-0.3, -0.25) is 28.3 Å². The van der Waals surface area contributed by atoms with Crippen molar-refractivity contribution in [2.24, 2.45) is 13.0 Å². The topological polar surface area (TPSA) is 174 Å². The number of sulfonamides is 1. The Labute approximate surface area is 333 Å². The van der Waals surface area contributed by atoms with Gasteiger partial charge >= 0.3 is 0 Å². The van der Waals surface area contributed by atoms with Gasteiger partial charge in [0.2, 0.25) is 21.8 Å². The standard InChI is InChI=1S/C37H29ClF6N8O6S/c1-15(53)52(59(3,57)58)35-29-23(38)6-7-26(31(29)49(2)48-35)51-34(46-24-12-19(54)4-5-20(24)36(51)56)25(10-16-8-17(39)11-18(40)9-16)45-27(55)14-50-32-28(30(47-50)33(41)42)21-13-22(21)37(32,43)44/h4-9,11-12,21-22,25,33,54H,10,13-14H2,1-3H3,(H,45,55)/t21-,22+,25-/m0/s1. The molecule has 0 bridgehead atoms. The van der Waals surface area contributed by atoms with E-state index in [0.29, 0.717) is 15.1 Å². The number of fused-ring (bicyclic) bond motifs is 5. The number of phenols is 1. The molecule has 2 amide bonds. The third-order valence-corrected chi connectivity index (χ3v) is 11.7. The molecule has 0 spiro atoms. The van der Waals surface area contributed by atoms with Crippen molar-refractivity contribution in [1.82, 2.24) is 34.4 Å². The third kappa shape index (κ3) is 6.64. The zero-order valence-electron chi connectivity index (χ0n) is 30.7. The maximum atomic E-state index is 15.4. The number of aromatic hydroxyl groups is 1. The Morgan fingerprint density at radius 1 is 1.08 bits per heavy atom. The van der Waals surface area contributed by atoms with E-state index < -0.39 is 99.4 Å². The molecular formula is C37H29ClF6N8O6S. The molecule has 0 aliphatic heterocycles. The molecule has 59 heavy (non-hydrogen) atoms. The maximum Gasteiger partial charge on any atom is 0.293 e. The normalized spacial score (nSPS) is 17.3. The summed E-state index contributed by atoms with van der Waals surface area (Å²) in [6, 6.07) is 6.97. The highest BCUT2D eigenvalue weighted by Gasteiger charge is 2.67. The lowest BCUT2D eigenvalue weighted by Crippen LogP contribution is -2.38.